The predicted octanol–water partition coefficient (Wildman–Crippen LogP) is 1.50. The minimum atomic E-state index is 0.269. The molecule has 2 N–H and O–H groups in total. The van der Waals surface area contributed by atoms with Gasteiger partial charge in [-0.05, 0) is 5.92 Å². The van der Waals surface area contributed by atoms with Gasteiger partial charge in [0.15, 0.2) is 0 Å². The minimum absolute atomic E-state index is 0.269. The van der Waals surface area contributed by atoms with E-state index in [2.05, 4.69) is 18.9 Å². The number of thioether (sulfide) groups is 1. The molecule has 0 amide bonds. The second-order valence-corrected chi connectivity index (χ2v) is 4.66. The minimum Gasteiger partial charge on any atom is -0.327 e. The Morgan fingerprint density at radius 2 is 2.31 bits per heavy atom. The Morgan fingerprint density at radius 3 is 2.77 bits per heavy atom. The zero-order valence-corrected chi connectivity index (χ0v) is 9.21. The molecule has 13 heavy (non-hydrogen) atoms. The van der Waals surface area contributed by atoms with E-state index in [0.717, 1.165) is 5.75 Å². The summed E-state index contributed by atoms with van der Waals surface area (Å²) in [6, 6.07) is 0.269. The van der Waals surface area contributed by atoms with E-state index in [1.807, 2.05) is 24.1 Å². The van der Waals surface area contributed by atoms with Crippen molar-refractivity contribution in [3.8, 4) is 0 Å². The van der Waals surface area contributed by atoms with Gasteiger partial charge in [0.1, 0.15) is 0 Å². The topological polar surface area (TPSA) is 43.8 Å². The van der Waals surface area contributed by atoms with Crippen LogP contribution in [0.1, 0.15) is 13.8 Å². The van der Waals surface area contributed by atoms with Gasteiger partial charge >= 0.3 is 0 Å². The fourth-order valence-electron chi connectivity index (χ4n) is 0.858. The number of aryl methyl sites for hydroxylation is 1. The molecule has 74 valence electrons. The van der Waals surface area contributed by atoms with Gasteiger partial charge in [-0.15, -0.1) is 11.8 Å². The van der Waals surface area contributed by atoms with Crippen molar-refractivity contribution in [3.63, 3.8) is 0 Å². The zero-order chi connectivity index (χ0) is 9.84. The monoisotopic (exact) mass is 199 g/mol. The molecule has 0 radical (unpaired) electrons. The standard InChI is InChI=1S/C9H17N3S/c1-7(2)9(10)6-13-8-4-11-12(3)5-8/h4-5,7,9H,6,10H2,1-3H3. The highest BCUT2D eigenvalue weighted by Gasteiger charge is 2.08. The summed E-state index contributed by atoms with van der Waals surface area (Å²) in [5.74, 6) is 1.51. The number of hydrogen-bond donors (Lipinski definition) is 1. The Morgan fingerprint density at radius 1 is 1.62 bits per heavy atom. The third kappa shape index (κ3) is 3.40. The van der Waals surface area contributed by atoms with Crippen molar-refractivity contribution in [1.82, 2.24) is 9.78 Å². The molecular formula is C9H17N3S. The lowest BCUT2D eigenvalue weighted by molar-refractivity contribution is 0.535. The molecule has 0 spiro atoms. The van der Waals surface area contributed by atoms with E-state index in [1.165, 1.54) is 4.90 Å². The Kier molecular flexibility index (Phi) is 3.81. The number of rotatable bonds is 4. The zero-order valence-electron chi connectivity index (χ0n) is 8.40. The maximum absolute atomic E-state index is 5.92. The van der Waals surface area contributed by atoms with Crippen LogP contribution in [0.25, 0.3) is 0 Å². The first kappa shape index (κ1) is 10.6. The Hall–Kier alpha value is -0.480. The van der Waals surface area contributed by atoms with E-state index in [0.29, 0.717) is 5.92 Å². The molecule has 0 aromatic carbocycles. The van der Waals surface area contributed by atoms with E-state index in [1.54, 1.807) is 11.8 Å². The van der Waals surface area contributed by atoms with Gasteiger partial charge in [0, 0.05) is 29.9 Å². The summed E-state index contributed by atoms with van der Waals surface area (Å²) in [7, 11) is 1.92. The Balaban J connectivity index is 2.35. The summed E-state index contributed by atoms with van der Waals surface area (Å²) in [5.41, 5.74) is 5.92. The molecule has 0 saturated carbocycles. The average Bonchev–Trinajstić information content (AvgIpc) is 2.47. The van der Waals surface area contributed by atoms with Gasteiger partial charge < -0.3 is 5.73 Å². The van der Waals surface area contributed by atoms with Crippen LogP contribution < -0.4 is 5.73 Å². The number of aromatic nitrogens is 2. The van der Waals surface area contributed by atoms with Crippen LogP contribution in [0.4, 0.5) is 0 Å². The molecule has 0 aliphatic heterocycles. The van der Waals surface area contributed by atoms with E-state index in [-0.39, 0.29) is 6.04 Å². The summed E-state index contributed by atoms with van der Waals surface area (Å²) >= 11 is 1.77. The lowest BCUT2D eigenvalue weighted by Crippen LogP contribution is -2.28. The van der Waals surface area contributed by atoms with Gasteiger partial charge in [-0.25, -0.2) is 0 Å². The SMILES string of the molecule is CC(C)C(N)CSc1cnn(C)c1. The van der Waals surface area contributed by atoms with Crippen molar-refractivity contribution in [2.75, 3.05) is 5.75 Å². The average molecular weight is 199 g/mol. The molecule has 0 fully saturated rings. The summed E-state index contributed by atoms with van der Waals surface area (Å²) in [5, 5.41) is 4.09. The third-order valence-corrected chi connectivity index (χ3v) is 3.08. The largest absolute Gasteiger partial charge is 0.327 e. The van der Waals surface area contributed by atoms with Gasteiger partial charge in [0.2, 0.25) is 0 Å². The fourth-order valence-corrected chi connectivity index (χ4v) is 1.98. The highest BCUT2D eigenvalue weighted by Crippen LogP contribution is 2.18. The van der Waals surface area contributed by atoms with Crippen LogP contribution in [0.2, 0.25) is 0 Å². The highest BCUT2D eigenvalue weighted by atomic mass is 32.2. The molecule has 0 saturated heterocycles. The molecular weight excluding hydrogens is 182 g/mol. The highest BCUT2D eigenvalue weighted by molar-refractivity contribution is 7.99. The lowest BCUT2D eigenvalue weighted by Gasteiger charge is -2.13. The van der Waals surface area contributed by atoms with E-state index in [9.17, 15) is 0 Å². The van der Waals surface area contributed by atoms with Crippen LogP contribution in [0, 0.1) is 5.92 Å². The second kappa shape index (κ2) is 4.67. The number of nitrogens with zero attached hydrogens (tertiary/aromatic N) is 2. The molecule has 1 atom stereocenters. The van der Waals surface area contributed by atoms with Gasteiger partial charge in [-0.3, -0.25) is 4.68 Å². The van der Waals surface area contributed by atoms with E-state index >= 15 is 0 Å². The van der Waals surface area contributed by atoms with Crippen molar-refractivity contribution in [1.29, 1.82) is 0 Å². The van der Waals surface area contributed by atoms with Crippen molar-refractivity contribution < 1.29 is 0 Å². The molecule has 0 bridgehead atoms. The maximum atomic E-state index is 5.92. The van der Waals surface area contributed by atoms with Crippen LogP contribution in [0.15, 0.2) is 17.3 Å². The molecule has 1 unspecified atom stereocenters. The van der Waals surface area contributed by atoms with Crippen LogP contribution in [-0.4, -0.2) is 21.6 Å². The van der Waals surface area contributed by atoms with Crippen molar-refractivity contribution >= 4 is 11.8 Å². The molecule has 1 aromatic heterocycles. The molecule has 0 aliphatic rings. The van der Waals surface area contributed by atoms with Crippen molar-refractivity contribution in [2.24, 2.45) is 18.7 Å². The molecule has 3 nitrogen and oxygen atoms in total. The lowest BCUT2D eigenvalue weighted by atomic mass is 10.1. The third-order valence-electron chi connectivity index (χ3n) is 1.98. The van der Waals surface area contributed by atoms with Crippen LogP contribution in [-0.2, 0) is 7.05 Å². The van der Waals surface area contributed by atoms with Gasteiger partial charge in [0.05, 0.1) is 6.20 Å². The normalized spacial score (nSPS) is 13.6. The van der Waals surface area contributed by atoms with Crippen molar-refractivity contribution in [3.05, 3.63) is 12.4 Å². The quantitative estimate of drug-likeness (QED) is 0.747. The second-order valence-electron chi connectivity index (χ2n) is 3.57. The fraction of sp³-hybridized carbons (Fsp3) is 0.667. The van der Waals surface area contributed by atoms with Gasteiger partial charge in [-0.2, -0.15) is 5.10 Å². The predicted molar refractivity (Wildman–Crippen MR) is 56.7 cm³/mol. The first-order chi connectivity index (χ1) is 6.09. The first-order valence-electron chi connectivity index (χ1n) is 4.46. The summed E-state index contributed by atoms with van der Waals surface area (Å²) in [4.78, 5) is 1.19. The Labute approximate surface area is 83.7 Å². The molecule has 1 rings (SSSR count). The maximum Gasteiger partial charge on any atom is 0.0625 e. The molecule has 0 aliphatic carbocycles. The molecule has 1 heterocycles. The summed E-state index contributed by atoms with van der Waals surface area (Å²) < 4.78 is 1.81. The van der Waals surface area contributed by atoms with Crippen LogP contribution >= 0.6 is 11.8 Å². The van der Waals surface area contributed by atoms with Crippen LogP contribution in [0.5, 0.6) is 0 Å². The number of hydrogen-bond acceptors (Lipinski definition) is 3. The smallest absolute Gasteiger partial charge is 0.0625 e. The summed E-state index contributed by atoms with van der Waals surface area (Å²) in [6.07, 6.45) is 3.88. The first-order valence-corrected chi connectivity index (χ1v) is 5.45. The Bertz CT molecular complexity index is 257. The van der Waals surface area contributed by atoms with Gasteiger partial charge in [0.25, 0.3) is 0 Å². The van der Waals surface area contributed by atoms with Crippen molar-refractivity contribution in [2.45, 2.75) is 24.8 Å². The summed E-state index contributed by atoms with van der Waals surface area (Å²) in [6.45, 7) is 4.29. The molecule has 4 heteroatoms. The molecule has 1 aromatic rings. The van der Waals surface area contributed by atoms with Crippen LogP contribution in [0.3, 0.4) is 0 Å². The van der Waals surface area contributed by atoms with E-state index < -0.39 is 0 Å². The van der Waals surface area contributed by atoms with Gasteiger partial charge in [-0.1, -0.05) is 13.8 Å². The number of nitrogens with two attached hydrogens (primary N) is 1. The van der Waals surface area contributed by atoms with E-state index in [4.69, 9.17) is 5.73 Å².